The van der Waals surface area contributed by atoms with E-state index in [1.807, 2.05) is 0 Å². The summed E-state index contributed by atoms with van der Waals surface area (Å²) >= 11 is 0. The molecule has 0 aliphatic rings. The third-order valence-corrected chi connectivity index (χ3v) is 6.84. The topological polar surface area (TPSA) is 104 Å². The van der Waals surface area contributed by atoms with Gasteiger partial charge < -0.3 is 10.4 Å². The molecule has 0 fully saturated rings. The van der Waals surface area contributed by atoms with Gasteiger partial charge in [-0.15, -0.1) is 0 Å². The van der Waals surface area contributed by atoms with Gasteiger partial charge in [0.2, 0.25) is 5.91 Å². The van der Waals surface area contributed by atoms with Crippen molar-refractivity contribution < 1.29 is 22.9 Å². The fourth-order valence-electron chi connectivity index (χ4n) is 3.96. The van der Waals surface area contributed by atoms with E-state index < -0.39 is 28.0 Å². The molecule has 6 nitrogen and oxygen atoms in total. The highest BCUT2D eigenvalue weighted by Crippen LogP contribution is 2.12. The van der Waals surface area contributed by atoms with Crippen molar-refractivity contribution in [3.63, 3.8) is 0 Å². The first-order valence-electron chi connectivity index (χ1n) is 14.2. The molecule has 0 aromatic rings. The molecular weight excluding hydrogens is 474 g/mol. The predicted molar refractivity (Wildman–Crippen MR) is 152 cm³/mol. The summed E-state index contributed by atoms with van der Waals surface area (Å²) in [4.78, 5) is 12.3. The van der Waals surface area contributed by atoms with E-state index in [-0.39, 0.29) is 12.3 Å². The monoisotopic (exact) mass is 527 g/mol. The van der Waals surface area contributed by atoms with Crippen LogP contribution in [-0.4, -0.2) is 41.9 Å². The van der Waals surface area contributed by atoms with Gasteiger partial charge in [-0.2, -0.15) is 8.42 Å². The minimum atomic E-state index is -4.34. The molecule has 0 saturated carbocycles. The van der Waals surface area contributed by atoms with Gasteiger partial charge in [0.05, 0.1) is 17.9 Å². The minimum absolute atomic E-state index is 0.285. The van der Waals surface area contributed by atoms with Gasteiger partial charge in [0.25, 0.3) is 10.1 Å². The van der Waals surface area contributed by atoms with Crippen molar-refractivity contribution in [2.24, 2.45) is 0 Å². The lowest BCUT2D eigenvalue weighted by Crippen LogP contribution is -2.46. The lowest BCUT2D eigenvalue weighted by Gasteiger charge is -2.21. The first-order valence-corrected chi connectivity index (χ1v) is 15.8. The maximum absolute atomic E-state index is 12.3. The highest BCUT2D eigenvalue weighted by Gasteiger charge is 2.24. The van der Waals surface area contributed by atoms with Crippen LogP contribution in [0.25, 0.3) is 0 Å². The molecule has 0 saturated heterocycles. The molecule has 0 aliphatic heterocycles. The molecule has 0 spiro atoms. The van der Waals surface area contributed by atoms with Gasteiger partial charge >= 0.3 is 0 Å². The fourth-order valence-corrected chi connectivity index (χ4v) is 4.69. The van der Waals surface area contributed by atoms with E-state index in [0.29, 0.717) is 6.42 Å². The highest BCUT2D eigenvalue weighted by atomic mass is 32.2. The normalized spacial score (nSPS) is 14.2. The third-order valence-electron chi connectivity index (χ3n) is 6.06. The van der Waals surface area contributed by atoms with Crippen LogP contribution in [0.1, 0.15) is 123 Å². The molecule has 0 radical (unpaired) electrons. The first kappa shape index (κ1) is 34.6. The molecular formula is C29H53NO5S. The highest BCUT2D eigenvalue weighted by molar-refractivity contribution is 7.85. The van der Waals surface area contributed by atoms with Crippen molar-refractivity contribution in [2.45, 2.75) is 135 Å². The lowest BCUT2D eigenvalue weighted by atomic mass is 10.0. The quantitative estimate of drug-likeness (QED) is 0.0708. The summed E-state index contributed by atoms with van der Waals surface area (Å²) in [6.45, 7) is 4.34. The standard InChI is InChI=1S/C29H53NO5S/c1-3-5-7-9-11-13-15-17-19-21-23-25-29(32)30-27(26-36(33,34)35)28(31)24-22-20-18-16-14-12-10-8-6-4-2/h6,8,14,16,22,24,27-28,31H,3-5,7,9-13,15,17-21,23,25-26H2,1-2H3,(H,30,32)(H,33,34,35)/b8-6+,16-14+,24-22+. The largest absolute Gasteiger partial charge is 0.387 e. The molecule has 7 heteroatoms. The van der Waals surface area contributed by atoms with Crippen molar-refractivity contribution >= 4 is 16.0 Å². The summed E-state index contributed by atoms with van der Waals surface area (Å²) in [5.74, 6) is -1.01. The Morgan fingerprint density at radius 2 is 1.22 bits per heavy atom. The molecule has 0 aromatic carbocycles. The summed E-state index contributed by atoms with van der Waals surface area (Å²) in [7, 11) is -4.34. The molecule has 2 atom stereocenters. The van der Waals surface area contributed by atoms with Gasteiger partial charge in [-0.25, -0.2) is 0 Å². The number of rotatable bonds is 24. The Hall–Kier alpha value is -1.44. The van der Waals surface area contributed by atoms with Crippen molar-refractivity contribution in [3.8, 4) is 0 Å². The summed E-state index contributed by atoms with van der Waals surface area (Å²) < 4.78 is 32.0. The van der Waals surface area contributed by atoms with Crippen LogP contribution in [0.5, 0.6) is 0 Å². The average molecular weight is 528 g/mol. The van der Waals surface area contributed by atoms with E-state index in [2.05, 4.69) is 43.5 Å². The molecule has 3 N–H and O–H groups in total. The van der Waals surface area contributed by atoms with Crippen LogP contribution in [0.4, 0.5) is 0 Å². The summed E-state index contributed by atoms with van der Waals surface area (Å²) in [5, 5.41) is 13.0. The zero-order valence-corrected chi connectivity index (χ0v) is 23.7. The second-order valence-corrected chi connectivity index (χ2v) is 11.1. The zero-order valence-electron chi connectivity index (χ0n) is 22.9. The number of aliphatic hydroxyl groups is 1. The molecule has 36 heavy (non-hydrogen) atoms. The number of nitrogens with one attached hydrogen (secondary N) is 1. The Labute approximate surface area is 221 Å². The van der Waals surface area contributed by atoms with Crippen molar-refractivity contribution in [1.29, 1.82) is 0 Å². The summed E-state index contributed by atoms with van der Waals surface area (Å²) in [5.41, 5.74) is 0. The van der Waals surface area contributed by atoms with Crippen LogP contribution >= 0.6 is 0 Å². The number of carbonyl (C=O) groups is 1. The van der Waals surface area contributed by atoms with Crippen molar-refractivity contribution in [2.75, 3.05) is 5.75 Å². The molecule has 0 rings (SSSR count). The summed E-state index contributed by atoms with van der Waals surface area (Å²) in [6, 6.07) is -1.07. The van der Waals surface area contributed by atoms with Crippen LogP contribution in [0.3, 0.4) is 0 Å². The van der Waals surface area contributed by atoms with E-state index in [4.69, 9.17) is 0 Å². The Balaban J connectivity index is 4.21. The average Bonchev–Trinajstić information content (AvgIpc) is 2.82. The lowest BCUT2D eigenvalue weighted by molar-refractivity contribution is -0.122. The van der Waals surface area contributed by atoms with Gasteiger partial charge in [-0.3, -0.25) is 9.35 Å². The second kappa shape index (κ2) is 23.9. The zero-order chi connectivity index (χ0) is 26.9. The van der Waals surface area contributed by atoms with Crippen LogP contribution < -0.4 is 5.32 Å². The van der Waals surface area contributed by atoms with Crippen LogP contribution in [0, 0.1) is 0 Å². The Morgan fingerprint density at radius 1 is 0.750 bits per heavy atom. The molecule has 0 heterocycles. The van der Waals surface area contributed by atoms with Crippen molar-refractivity contribution in [1.82, 2.24) is 5.32 Å². The first-order chi connectivity index (χ1) is 17.3. The molecule has 2 unspecified atom stereocenters. The van der Waals surface area contributed by atoms with Crippen LogP contribution in [0.2, 0.25) is 0 Å². The van der Waals surface area contributed by atoms with Crippen LogP contribution in [0.15, 0.2) is 36.5 Å². The van der Waals surface area contributed by atoms with E-state index >= 15 is 0 Å². The number of carbonyl (C=O) groups excluding carboxylic acids is 1. The van der Waals surface area contributed by atoms with Gasteiger partial charge in [0, 0.05) is 6.42 Å². The number of hydrogen-bond donors (Lipinski definition) is 3. The number of amides is 1. The number of aliphatic hydroxyl groups excluding tert-OH is 1. The second-order valence-electron chi connectivity index (χ2n) is 9.63. The van der Waals surface area contributed by atoms with Gasteiger partial charge in [-0.05, 0) is 38.5 Å². The van der Waals surface area contributed by atoms with E-state index in [9.17, 15) is 22.9 Å². The molecule has 0 bridgehead atoms. The number of unbranched alkanes of at least 4 members (excludes halogenated alkanes) is 12. The Kier molecular flexibility index (Phi) is 23.0. The smallest absolute Gasteiger partial charge is 0.267 e. The number of allylic oxidation sites excluding steroid dienone is 5. The Morgan fingerprint density at radius 3 is 1.72 bits per heavy atom. The van der Waals surface area contributed by atoms with E-state index in [1.54, 1.807) is 6.08 Å². The van der Waals surface area contributed by atoms with Crippen molar-refractivity contribution in [3.05, 3.63) is 36.5 Å². The van der Waals surface area contributed by atoms with Gasteiger partial charge in [0.1, 0.15) is 0 Å². The maximum atomic E-state index is 12.3. The SMILES string of the molecule is CC/C=C/CC/C=C/CC/C=C/C(O)C(CS(=O)(=O)O)NC(=O)CCCCCCCCCCCCC. The molecule has 0 aromatic heterocycles. The Bertz CT molecular complexity index is 715. The number of hydrogen-bond acceptors (Lipinski definition) is 4. The predicted octanol–water partition coefficient (Wildman–Crippen LogP) is 7.06. The molecule has 210 valence electrons. The molecule has 1 amide bonds. The van der Waals surface area contributed by atoms with Gasteiger partial charge in [-0.1, -0.05) is 115 Å². The summed E-state index contributed by atoms with van der Waals surface area (Å²) in [6.07, 6.45) is 28.5. The molecule has 0 aliphatic carbocycles. The third kappa shape index (κ3) is 24.3. The van der Waals surface area contributed by atoms with E-state index in [1.165, 1.54) is 57.4 Å². The van der Waals surface area contributed by atoms with Crippen LogP contribution in [-0.2, 0) is 14.9 Å². The fraction of sp³-hybridized carbons (Fsp3) is 0.759. The van der Waals surface area contributed by atoms with E-state index in [0.717, 1.165) is 44.9 Å². The minimum Gasteiger partial charge on any atom is -0.387 e. The van der Waals surface area contributed by atoms with Gasteiger partial charge in [0.15, 0.2) is 0 Å². The maximum Gasteiger partial charge on any atom is 0.267 e.